The van der Waals surface area contributed by atoms with Crippen LogP contribution >= 0.6 is 11.6 Å². The highest BCUT2D eigenvalue weighted by Crippen LogP contribution is 2.30. The Balaban J connectivity index is 2.55. The van der Waals surface area contributed by atoms with E-state index in [1.54, 1.807) is 6.20 Å². The van der Waals surface area contributed by atoms with Crippen molar-refractivity contribution in [1.29, 1.82) is 0 Å². The van der Waals surface area contributed by atoms with Crippen molar-refractivity contribution < 1.29 is 0 Å². The van der Waals surface area contributed by atoms with Gasteiger partial charge in [0.2, 0.25) is 0 Å². The highest BCUT2D eigenvalue weighted by molar-refractivity contribution is 6.31. The van der Waals surface area contributed by atoms with Crippen LogP contribution in [0.25, 0.3) is 0 Å². The molecule has 0 bridgehead atoms. The van der Waals surface area contributed by atoms with Gasteiger partial charge in [-0.05, 0) is 38.9 Å². The van der Waals surface area contributed by atoms with Crippen LogP contribution in [0.15, 0.2) is 24.5 Å². The van der Waals surface area contributed by atoms with Gasteiger partial charge in [-0.25, -0.2) is 0 Å². The second kappa shape index (κ2) is 6.37. The van der Waals surface area contributed by atoms with Crippen molar-refractivity contribution in [3.63, 3.8) is 0 Å². The molecule has 0 saturated heterocycles. The summed E-state index contributed by atoms with van der Waals surface area (Å²) in [5.74, 6) is 0. The minimum atomic E-state index is -0.0430. The predicted molar refractivity (Wildman–Crippen MR) is 82.1 cm³/mol. The van der Waals surface area contributed by atoms with E-state index in [0.717, 1.165) is 23.5 Å². The second-order valence-electron chi connectivity index (χ2n) is 5.11. The molecule has 0 aliphatic rings. The van der Waals surface area contributed by atoms with Crippen molar-refractivity contribution in [3.8, 4) is 0 Å². The smallest absolute Gasteiger partial charge is 0.0939 e. The average molecular weight is 293 g/mol. The molecule has 0 radical (unpaired) electrons. The zero-order chi connectivity index (χ0) is 14.7. The van der Waals surface area contributed by atoms with E-state index in [4.69, 9.17) is 11.6 Å². The van der Waals surface area contributed by atoms with Crippen molar-refractivity contribution in [1.82, 2.24) is 20.1 Å². The molecule has 2 rings (SSSR count). The van der Waals surface area contributed by atoms with E-state index in [2.05, 4.69) is 49.2 Å². The Labute approximate surface area is 125 Å². The van der Waals surface area contributed by atoms with Gasteiger partial charge in [0.05, 0.1) is 28.6 Å². The summed E-state index contributed by atoms with van der Waals surface area (Å²) in [5, 5.41) is 8.54. The number of aromatic nitrogens is 3. The molecule has 2 aromatic rings. The molecule has 1 N–H and O–H groups in total. The molecule has 1 unspecified atom stereocenters. The molecular formula is C15H21ClN4. The van der Waals surface area contributed by atoms with E-state index in [1.165, 1.54) is 0 Å². The van der Waals surface area contributed by atoms with Gasteiger partial charge in [0.15, 0.2) is 0 Å². The van der Waals surface area contributed by atoms with Crippen LogP contribution in [0.2, 0.25) is 5.02 Å². The quantitative estimate of drug-likeness (QED) is 0.917. The first-order chi connectivity index (χ1) is 9.56. The molecule has 0 fully saturated rings. The molecule has 2 heterocycles. The van der Waals surface area contributed by atoms with E-state index in [1.807, 2.05) is 16.9 Å². The maximum absolute atomic E-state index is 6.37. The Morgan fingerprint density at radius 3 is 2.75 bits per heavy atom. The minimum Gasteiger partial charge on any atom is -0.304 e. The maximum Gasteiger partial charge on any atom is 0.0939 e. The molecule has 0 saturated carbocycles. The number of pyridine rings is 1. The summed E-state index contributed by atoms with van der Waals surface area (Å²) in [4.78, 5) is 4.53. The fraction of sp³-hybridized carbons (Fsp3) is 0.467. The molecule has 0 spiro atoms. The molecule has 5 heteroatoms. The van der Waals surface area contributed by atoms with E-state index in [9.17, 15) is 0 Å². The van der Waals surface area contributed by atoms with Crippen LogP contribution in [0.1, 0.15) is 49.8 Å². The topological polar surface area (TPSA) is 42.7 Å². The summed E-state index contributed by atoms with van der Waals surface area (Å²) in [6.07, 6.45) is 3.52. The van der Waals surface area contributed by atoms with Gasteiger partial charge in [-0.2, -0.15) is 5.10 Å². The summed E-state index contributed by atoms with van der Waals surface area (Å²) in [7, 11) is 0. The van der Waals surface area contributed by atoms with Crippen molar-refractivity contribution in [2.24, 2.45) is 0 Å². The number of hydrogen-bond acceptors (Lipinski definition) is 3. The lowest BCUT2D eigenvalue weighted by atomic mass is 10.0. The van der Waals surface area contributed by atoms with Crippen LogP contribution in [0.5, 0.6) is 0 Å². The molecule has 0 aliphatic carbocycles. The summed E-state index contributed by atoms with van der Waals surface area (Å²) in [5.41, 5.74) is 3.12. The van der Waals surface area contributed by atoms with Crippen molar-refractivity contribution in [2.75, 3.05) is 6.54 Å². The van der Waals surface area contributed by atoms with Crippen molar-refractivity contribution in [3.05, 3.63) is 46.5 Å². The van der Waals surface area contributed by atoms with Gasteiger partial charge in [0.25, 0.3) is 0 Å². The number of nitrogens with one attached hydrogen (secondary N) is 1. The fourth-order valence-electron chi connectivity index (χ4n) is 2.36. The zero-order valence-corrected chi connectivity index (χ0v) is 13.1. The number of aryl methyl sites for hydroxylation is 1. The standard InChI is InChI=1S/C15H21ClN4/c1-5-17-14(13-11(4)7-6-8-18-13)15-12(16)9-19-20(15)10(2)3/h6-10,14,17H,5H2,1-4H3. The van der Waals surface area contributed by atoms with Crippen LogP contribution in [-0.4, -0.2) is 21.3 Å². The van der Waals surface area contributed by atoms with E-state index in [0.29, 0.717) is 5.02 Å². The molecule has 0 amide bonds. The van der Waals surface area contributed by atoms with Gasteiger partial charge in [-0.15, -0.1) is 0 Å². The average Bonchev–Trinajstić information content (AvgIpc) is 2.79. The largest absolute Gasteiger partial charge is 0.304 e. The predicted octanol–water partition coefficient (Wildman–Crippen LogP) is 3.52. The molecular weight excluding hydrogens is 272 g/mol. The fourth-order valence-corrected chi connectivity index (χ4v) is 2.60. The van der Waals surface area contributed by atoms with Gasteiger partial charge in [-0.1, -0.05) is 24.6 Å². The Bertz CT molecular complexity index is 577. The van der Waals surface area contributed by atoms with E-state index < -0.39 is 0 Å². The summed E-state index contributed by atoms with van der Waals surface area (Å²) < 4.78 is 1.96. The number of nitrogens with zero attached hydrogens (tertiary/aromatic N) is 3. The second-order valence-corrected chi connectivity index (χ2v) is 5.52. The zero-order valence-electron chi connectivity index (χ0n) is 12.4. The Morgan fingerprint density at radius 1 is 1.40 bits per heavy atom. The van der Waals surface area contributed by atoms with E-state index >= 15 is 0 Å². The highest BCUT2D eigenvalue weighted by atomic mass is 35.5. The maximum atomic E-state index is 6.37. The van der Waals surface area contributed by atoms with Gasteiger partial charge in [-0.3, -0.25) is 9.67 Å². The van der Waals surface area contributed by atoms with Crippen molar-refractivity contribution >= 4 is 11.6 Å². The lowest BCUT2D eigenvalue weighted by molar-refractivity contribution is 0.472. The van der Waals surface area contributed by atoms with Crippen LogP contribution in [0.4, 0.5) is 0 Å². The molecule has 0 aliphatic heterocycles. The van der Waals surface area contributed by atoms with Gasteiger partial charge >= 0.3 is 0 Å². The third kappa shape index (κ3) is 2.86. The lowest BCUT2D eigenvalue weighted by Crippen LogP contribution is -2.27. The molecule has 108 valence electrons. The molecule has 20 heavy (non-hydrogen) atoms. The molecule has 1 atom stereocenters. The van der Waals surface area contributed by atoms with Gasteiger partial charge in [0, 0.05) is 12.2 Å². The lowest BCUT2D eigenvalue weighted by Gasteiger charge is -2.22. The highest BCUT2D eigenvalue weighted by Gasteiger charge is 2.24. The van der Waals surface area contributed by atoms with Crippen LogP contribution < -0.4 is 5.32 Å². The Morgan fingerprint density at radius 2 is 2.15 bits per heavy atom. The molecule has 0 aromatic carbocycles. The van der Waals surface area contributed by atoms with Gasteiger partial charge < -0.3 is 5.32 Å². The summed E-state index contributed by atoms with van der Waals surface area (Å²) >= 11 is 6.37. The van der Waals surface area contributed by atoms with E-state index in [-0.39, 0.29) is 12.1 Å². The first-order valence-corrected chi connectivity index (χ1v) is 7.31. The number of rotatable bonds is 5. The first kappa shape index (κ1) is 15.0. The third-order valence-corrected chi connectivity index (χ3v) is 3.57. The van der Waals surface area contributed by atoms with Crippen LogP contribution in [0.3, 0.4) is 0 Å². The molecule has 4 nitrogen and oxygen atoms in total. The van der Waals surface area contributed by atoms with Crippen LogP contribution in [-0.2, 0) is 0 Å². The summed E-state index contributed by atoms with van der Waals surface area (Å²) in [6.45, 7) is 9.18. The van der Waals surface area contributed by atoms with Crippen molar-refractivity contribution in [2.45, 2.75) is 39.8 Å². The third-order valence-electron chi connectivity index (χ3n) is 3.28. The first-order valence-electron chi connectivity index (χ1n) is 6.94. The normalized spacial score (nSPS) is 12.9. The Hall–Kier alpha value is -1.39. The number of halogens is 1. The van der Waals surface area contributed by atoms with Crippen LogP contribution in [0, 0.1) is 6.92 Å². The SMILES string of the molecule is CCNC(c1ncccc1C)c1c(Cl)cnn1C(C)C. The Kier molecular flexibility index (Phi) is 4.78. The monoisotopic (exact) mass is 292 g/mol. The number of hydrogen-bond donors (Lipinski definition) is 1. The van der Waals surface area contributed by atoms with Gasteiger partial charge in [0.1, 0.15) is 0 Å². The minimum absolute atomic E-state index is 0.0430. The molecule has 2 aromatic heterocycles. The summed E-state index contributed by atoms with van der Waals surface area (Å²) in [6, 6.07) is 4.22.